The van der Waals surface area contributed by atoms with E-state index in [-0.39, 0.29) is 11.3 Å². The van der Waals surface area contributed by atoms with Crippen molar-refractivity contribution in [1.82, 2.24) is 4.98 Å². The minimum atomic E-state index is -0.574. The third kappa shape index (κ3) is 3.24. The summed E-state index contributed by atoms with van der Waals surface area (Å²) in [6.45, 7) is 0. The summed E-state index contributed by atoms with van der Waals surface area (Å²) < 4.78 is 0. The maximum atomic E-state index is 9.69. The minimum Gasteiger partial charge on any atom is -0.504 e. The Morgan fingerprint density at radius 2 is 1.78 bits per heavy atom. The number of thiazole rings is 1. The van der Waals surface area contributed by atoms with Crippen molar-refractivity contribution in [3.63, 3.8) is 0 Å². The van der Waals surface area contributed by atoms with Crippen LogP contribution in [0.3, 0.4) is 0 Å². The number of hydrogen-bond donors (Lipinski definition) is 4. The second kappa shape index (κ2) is 6.37. The Hall–Kier alpha value is -3.06. The van der Waals surface area contributed by atoms with Gasteiger partial charge in [-0.2, -0.15) is 5.10 Å². The summed E-state index contributed by atoms with van der Waals surface area (Å²) in [6, 6.07) is 12.5. The quantitative estimate of drug-likeness (QED) is 0.334. The molecule has 0 fully saturated rings. The number of hydrogen-bond acceptors (Lipinski definition) is 7. The van der Waals surface area contributed by atoms with E-state index in [4.69, 9.17) is 0 Å². The lowest BCUT2D eigenvalue weighted by atomic mass is 10.2. The summed E-state index contributed by atoms with van der Waals surface area (Å²) in [5, 5.41) is 34.9. The predicted octanol–water partition coefficient (Wildman–Crippen LogP) is 3.37. The molecule has 2 aromatic carbocycles. The van der Waals surface area contributed by atoms with Crippen LogP contribution in [0.2, 0.25) is 0 Å². The lowest BCUT2D eigenvalue weighted by Crippen LogP contribution is -1.91. The molecular weight excluding hydrogens is 314 g/mol. The second-order valence-electron chi connectivity index (χ2n) is 4.65. The van der Waals surface area contributed by atoms with E-state index in [9.17, 15) is 15.3 Å². The first-order valence-corrected chi connectivity index (χ1v) is 7.57. The number of rotatable bonds is 4. The van der Waals surface area contributed by atoms with Crippen LogP contribution in [-0.2, 0) is 0 Å². The zero-order valence-electron chi connectivity index (χ0n) is 11.8. The van der Waals surface area contributed by atoms with Crippen LogP contribution < -0.4 is 5.43 Å². The molecule has 7 heteroatoms. The van der Waals surface area contributed by atoms with Crippen LogP contribution in [0.5, 0.6) is 17.2 Å². The van der Waals surface area contributed by atoms with Gasteiger partial charge in [-0.3, -0.25) is 5.43 Å². The fourth-order valence-corrected chi connectivity index (χ4v) is 2.58. The third-order valence-electron chi connectivity index (χ3n) is 3.10. The summed E-state index contributed by atoms with van der Waals surface area (Å²) in [5.74, 6) is -1.39. The topological polar surface area (TPSA) is 98.0 Å². The van der Waals surface area contributed by atoms with Gasteiger partial charge in [0.2, 0.25) is 10.9 Å². The number of benzene rings is 2. The van der Waals surface area contributed by atoms with Gasteiger partial charge < -0.3 is 15.3 Å². The number of aromatic hydroxyl groups is 3. The van der Waals surface area contributed by atoms with E-state index < -0.39 is 11.5 Å². The third-order valence-corrected chi connectivity index (χ3v) is 3.85. The molecule has 0 atom stereocenters. The van der Waals surface area contributed by atoms with Crippen LogP contribution in [0.1, 0.15) is 5.56 Å². The molecular formula is C16H13N3O3S. The molecule has 0 saturated carbocycles. The molecule has 4 N–H and O–H groups in total. The first-order valence-electron chi connectivity index (χ1n) is 6.69. The molecule has 0 aliphatic heterocycles. The highest BCUT2D eigenvalue weighted by Crippen LogP contribution is 2.36. The van der Waals surface area contributed by atoms with Crippen molar-refractivity contribution in [2.75, 3.05) is 5.43 Å². The predicted molar refractivity (Wildman–Crippen MR) is 90.2 cm³/mol. The molecule has 6 nitrogen and oxygen atoms in total. The molecule has 0 spiro atoms. The van der Waals surface area contributed by atoms with Crippen LogP contribution in [0.15, 0.2) is 52.9 Å². The van der Waals surface area contributed by atoms with Gasteiger partial charge in [0, 0.05) is 16.5 Å². The smallest absolute Gasteiger partial charge is 0.203 e. The first kappa shape index (κ1) is 14.9. The van der Waals surface area contributed by atoms with E-state index in [1.54, 1.807) is 0 Å². The van der Waals surface area contributed by atoms with Gasteiger partial charge in [0.05, 0.1) is 11.9 Å². The van der Waals surface area contributed by atoms with Gasteiger partial charge in [-0.1, -0.05) is 30.3 Å². The van der Waals surface area contributed by atoms with E-state index >= 15 is 0 Å². The molecule has 3 rings (SSSR count). The largest absolute Gasteiger partial charge is 0.504 e. The summed E-state index contributed by atoms with van der Waals surface area (Å²) in [4.78, 5) is 4.41. The summed E-state index contributed by atoms with van der Waals surface area (Å²) in [6.07, 6.45) is 1.33. The molecule has 0 saturated heterocycles. The molecule has 3 aromatic rings. The van der Waals surface area contributed by atoms with Crippen LogP contribution in [0.25, 0.3) is 11.3 Å². The van der Waals surface area contributed by atoms with E-state index in [1.807, 2.05) is 35.7 Å². The number of phenols is 3. The van der Waals surface area contributed by atoms with Gasteiger partial charge >= 0.3 is 0 Å². The highest BCUT2D eigenvalue weighted by molar-refractivity contribution is 7.14. The van der Waals surface area contributed by atoms with Gasteiger partial charge in [0.25, 0.3) is 0 Å². The van der Waals surface area contributed by atoms with Crippen molar-refractivity contribution >= 4 is 22.7 Å². The van der Waals surface area contributed by atoms with Crippen molar-refractivity contribution < 1.29 is 15.3 Å². The monoisotopic (exact) mass is 327 g/mol. The SMILES string of the molecule is Oc1ccc(C=NNc2nc(-c3ccccc3)cs2)c(O)c1O. The number of hydrazone groups is 1. The van der Waals surface area contributed by atoms with Crippen LogP contribution >= 0.6 is 11.3 Å². The Morgan fingerprint density at radius 3 is 2.57 bits per heavy atom. The molecule has 0 unspecified atom stereocenters. The molecule has 1 aromatic heterocycles. The van der Waals surface area contributed by atoms with Crippen molar-refractivity contribution in [1.29, 1.82) is 0 Å². The van der Waals surface area contributed by atoms with Crippen LogP contribution in [0, 0.1) is 0 Å². The number of anilines is 1. The fourth-order valence-electron chi connectivity index (χ4n) is 1.91. The summed E-state index contributed by atoms with van der Waals surface area (Å²) in [5.41, 5.74) is 4.90. The lowest BCUT2D eigenvalue weighted by molar-refractivity contribution is 0.367. The normalized spacial score (nSPS) is 11.0. The molecule has 0 amide bonds. The van der Waals surface area contributed by atoms with Gasteiger partial charge in [0.1, 0.15) is 0 Å². The maximum Gasteiger partial charge on any atom is 0.203 e. The van der Waals surface area contributed by atoms with Gasteiger partial charge in [-0.25, -0.2) is 4.98 Å². The van der Waals surface area contributed by atoms with E-state index in [0.717, 1.165) is 11.3 Å². The van der Waals surface area contributed by atoms with Crippen molar-refractivity contribution in [3.8, 4) is 28.5 Å². The highest BCUT2D eigenvalue weighted by Gasteiger charge is 2.09. The van der Waals surface area contributed by atoms with Crippen molar-refractivity contribution in [2.24, 2.45) is 5.10 Å². The Balaban J connectivity index is 1.72. The Kier molecular flexibility index (Phi) is 4.11. The summed E-state index contributed by atoms with van der Waals surface area (Å²) in [7, 11) is 0. The second-order valence-corrected chi connectivity index (χ2v) is 5.50. The number of nitrogens with one attached hydrogen (secondary N) is 1. The average Bonchev–Trinajstić information content (AvgIpc) is 3.05. The van der Waals surface area contributed by atoms with Crippen molar-refractivity contribution in [3.05, 3.63) is 53.4 Å². The van der Waals surface area contributed by atoms with Crippen LogP contribution in [0.4, 0.5) is 5.13 Å². The minimum absolute atomic E-state index is 0.271. The Labute approximate surface area is 136 Å². The number of aromatic nitrogens is 1. The molecule has 0 radical (unpaired) electrons. The van der Waals surface area contributed by atoms with Crippen molar-refractivity contribution in [2.45, 2.75) is 0 Å². The van der Waals surface area contributed by atoms with E-state index in [2.05, 4.69) is 15.5 Å². The van der Waals surface area contributed by atoms with Crippen LogP contribution in [-0.4, -0.2) is 26.5 Å². The van der Waals surface area contributed by atoms with Gasteiger partial charge in [-0.05, 0) is 12.1 Å². The number of phenolic OH excluding ortho intramolecular Hbond substituents is 3. The number of nitrogens with zero attached hydrogens (tertiary/aromatic N) is 2. The highest BCUT2D eigenvalue weighted by atomic mass is 32.1. The lowest BCUT2D eigenvalue weighted by Gasteiger charge is -2.03. The van der Waals surface area contributed by atoms with E-state index in [0.29, 0.717) is 5.13 Å². The molecule has 0 aliphatic carbocycles. The molecule has 23 heavy (non-hydrogen) atoms. The molecule has 0 aliphatic rings. The fraction of sp³-hybridized carbons (Fsp3) is 0. The standard InChI is InChI=1S/C16H13N3O3S/c20-13-7-6-11(14(21)15(13)22)8-17-19-16-18-12(9-23-16)10-4-2-1-3-5-10/h1-9,20-22H,(H,18,19). The molecule has 116 valence electrons. The zero-order valence-corrected chi connectivity index (χ0v) is 12.7. The average molecular weight is 327 g/mol. The first-order chi connectivity index (χ1) is 11.1. The Morgan fingerprint density at radius 1 is 1.00 bits per heavy atom. The van der Waals surface area contributed by atoms with Gasteiger partial charge in [-0.15, -0.1) is 11.3 Å². The molecule has 1 heterocycles. The maximum absolute atomic E-state index is 9.69. The molecule has 0 bridgehead atoms. The zero-order chi connectivity index (χ0) is 16.2. The van der Waals surface area contributed by atoms with Gasteiger partial charge in [0.15, 0.2) is 11.5 Å². The Bertz CT molecular complexity index is 847. The summed E-state index contributed by atoms with van der Waals surface area (Å²) >= 11 is 1.40. The van der Waals surface area contributed by atoms with E-state index in [1.165, 1.54) is 29.7 Å².